The average molecular weight is 552 g/mol. The van der Waals surface area contributed by atoms with Crippen molar-refractivity contribution < 1.29 is 19.2 Å². The number of Topliss-reactive ketones (excluding diaryl/α,β-unsaturated/α-hetero) is 1. The number of rotatable bonds is 9. The van der Waals surface area contributed by atoms with Gasteiger partial charge >= 0.3 is 0 Å². The van der Waals surface area contributed by atoms with E-state index in [4.69, 9.17) is 11.6 Å². The standard InChI is InChI=1S/C27H30ClN7O4/c1-17(36)27-20-13-18(14-25(38)33-11-9-29-10-12-33)5-8-21(20)35(32-27)16-26(39)34(19-6-7-19)15-24(37)31-23-4-2-3-22(28)30-23/h2-5,8,13,19,29H,6-7,9-12,14-16H2,1H3,(H,30,31,37). The molecule has 0 spiro atoms. The number of fused-ring (bicyclic) bond motifs is 1. The van der Waals surface area contributed by atoms with Gasteiger partial charge in [0.1, 0.15) is 29.8 Å². The van der Waals surface area contributed by atoms with Gasteiger partial charge in [-0.3, -0.25) is 23.9 Å². The molecule has 3 heterocycles. The highest BCUT2D eigenvalue weighted by Crippen LogP contribution is 2.28. The molecule has 3 aromatic rings. The van der Waals surface area contributed by atoms with Crippen molar-refractivity contribution in [3.63, 3.8) is 0 Å². The van der Waals surface area contributed by atoms with Crippen molar-refractivity contribution in [3.8, 4) is 0 Å². The maximum atomic E-state index is 13.4. The van der Waals surface area contributed by atoms with Crippen molar-refractivity contribution in [2.24, 2.45) is 0 Å². The molecule has 39 heavy (non-hydrogen) atoms. The van der Waals surface area contributed by atoms with Crippen LogP contribution in [0.4, 0.5) is 5.82 Å². The van der Waals surface area contributed by atoms with E-state index in [2.05, 4.69) is 20.7 Å². The lowest BCUT2D eigenvalue weighted by Crippen LogP contribution is -2.46. The summed E-state index contributed by atoms with van der Waals surface area (Å²) >= 11 is 5.90. The first-order valence-electron chi connectivity index (χ1n) is 13.0. The molecule has 0 radical (unpaired) electrons. The number of amides is 3. The Morgan fingerprint density at radius 1 is 1.13 bits per heavy atom. The number of ketones is 1. The van der Waals surface area contributed by atoms with Gasteiger partial charge in [-0.15, -0.1) is 0 Å². The van der Waals surface area contributed by atoms with E-state index in [9.17, 15) is 19.2 Å². The second-order valence-electron chi connectivity index (χ2n) is 9.87. The quantitative estimate of drug-likeness (QED) is 0.307. The van der Waals surface area contributed by atoms with E-state index >= 15 is 0 Å². The van der Waals surface area contributed by atoms with Crippen molar-refractivity contribution in [1.29, 1.82) is 0 Å². The first-order chi connectivity index (χ1) is 18.8. The fourth-order valence-electron chi connectivity index (χ4n) is 4.76. The summed E-state index contributed by atoms with van der Waals surface area (Å²) in [5.74, 6) is -0.535. The summed E-state index contributed by atoms with van der Waals surface area (Å²) in [6.07, 6.45) is 1.86. The molecule has 11 nitrogen and oxygen atoms in total. The lowest BCUT2D eigenvalue weighted by Gasteiger charge is -2.27. The maximum absolute atomic E-state index is 13.4. The van der Waals surface area contributed by atoms with E-state index in [1.165, 1.54) is 11.6 Å². The Morgan fingerprint density at radius 2 is 1.90 bits per heavy atom. The Morgan fingerprint density at radius 3 is 2.59 bits per heavy atom. The van der Waals surface area contributed by atoms with Crippen LogP contribution in [-0.4, -0.2) is 86.8 Å². The van der Waals surface area contributed by atoms with Crippen molar-refractivity contribution >= 4 is 51.8 Å². The molecular weight excluding hydrogens is 522 g/mol. The minimum atomic E-state index is -0.376. The molecular formula is C27H30ClN7O4. The molecule has 2 N–H and O–H groups in total. The van der Waals surface area contributed by atoms with E-state index in [-0.39, 0.29) is 59.9 Å². The van der Waals surface area contributed by atoms with Gasteiger partial charge < -0.3 is 20.4 Å². The molecule has 12 heteroatoms. The predicted octanol–water partition coefficient (Wildman–Crippen LogP) is 1.89. The number of carbonyl (C=O) groups excluding carboxylic acids is 4. The summed E-state index contributed by atoms with van der Waals surface area (Å²) < 4.78 is 1.50. The molecule has 3 amide bonds. The molecule has 1 saturated heterocycles. The van der Waals surface area contributed by atoms with Crippen LogP contribution in [0.5, 0.6) is 0 Å². The van der Waals surface area contributed by atoms with Crippen LogP contribution in [0.3, 0.4) is 0 Å². The van der Waals surface area contributed by atoms with Crippen LogP contribution in [0.15, 0.2) is 36.4 Å². The highest BCUT2D eigenvalue weighted by molar-refractivity contribution is 6.29. The van der Waals surface area contributed by atoms with Gasteiger partial charge in [0, 0.05) is 44.5 Å². The van der Waals surface area contributed by atoms with Gasteiger partial charge in [0.2, 0.25) is 17.7 Å². The number of piperazine rings is 1. The SMILES string of the molecule is CC(=O)c1nn(CC(=O)N(CC(=O)Nc2cccc(Cl)n2)C2CC2)c2ccc(CC(=O)N3CCNCC3)cc12. The second-order valence-corrected chi connectivity index (χ2v) is 10.3. The van der Waals surface area contributed by atoms with E-state index in [0.29, 0.717) is 29.8 Å². The minimum absolute atomic E-state index is 0.0210. The third-order valence-corrected chi connectivity index (χ3v) is 7.07. The number of halogens is 1. The van der Waals surface area contributed by atoms with Crippen LogP contribution < -0.4 is 10.6 Å². The predicted molar refractivity (Wildman–Crippen MR) is 146 cm³/mol. The van der Waals surface area contributed by atoms with Gasteiger partial charge in [-0.05, 0) is 42.7 Å². The third kappa shape index (κ3) is 6.43. The van der Waals surface area contributed by atoms with E-state index < -0.39 is 0 Å². The van der Waals surface area contributed by atoms with Crippen LogP contribution in [0.1, 0.15) is 35.8 Å². The maximum Gasteiger partial charge on any atom is 0.245 e. The number of aromatic nitrogens is 3. The summed E-state index contributed by atoms with van der Waals surface area (Å²) in [6, 6.07) is 10.3. The number of hydrogen-bond donors (Lipinski definition) is 2. The van der Waals surface area contributed by atoms with Crippen molar-refractivity contribution in [1.82, 2.24) is 29.9 Å². The number of carbonyl (C=O) groups is 4. The van der Waals surface area contributed by atoms with Gasteiger partial charge in [-0.25, -0.2) is 4.98 Å². The molecule has 2 fully saturated rings. The Labute approximate surface area is 230 Å². The van der Waals surface area contributed by atoms with E-state index in [1.54, 1.807) is 29.2 Å². The van der Waals surface area contributed by atoms with Crippen LogP contribution >= 0.6 is 11.6 Å². The minimum Gasteiger partial charge on any atom is -0.340 e. The first kappa shape index (κ1) is 26.8. The highest BCUT2D eigenvalue weighted by Gasteiger charge is 2.34. The Hall–Kier alpha value is -3.83. The number of pyridine rings is 1. The number of benzene rings is 1. The summed E-state index contributed by atoms with van der Waals surface area (Å²) in [7, 11) is 0. The Balaban J connectivity index is 1.31. The molecule has 5 rings (SSSR count). The lowest BCUT2D eigenvalue weighted by molar-refractivity contribution is -0.136. The van der Waals surface area contributed by atoms with Crippen LogP contribution in [0, 0.1) is 0 Å². The summed E-state index contributed by atoms with van der Waals surface area (Å²) in [5, 5.41) is 11.2. The van der Waals surface area contributed by atoms with Crippen molar-refractivity contribution in [2.45, 2.75) is 38.8 Å². The van der Waals surface area contributed by atoms with Gasteiger partial charge in [0.05, 0.1) is 11.9 Å². The van der Waals surface area contributed by atoms with Gasteiger partial charge in [-0.1, -0.05) is 23.7 Å². The monoisotopic (exact) mass is 551 g/mol. The second kappa shape index (κ2) is 11.5. The molecule has 2 aliphatic rings. The summed E-state index contributed by atoms with van der Waals surface area (Å²) in [6.45, 7) is 4.07. The van der Waals surface area contributed by atoms with Crippen LogP contribution in [-0.2, 0) is 27.3 Å². The zero-order valence-electron chi connectivity index (χ0n) is 21.7. The van der Waals surface area contributed by atoms with Crippen LogP contribution in [0.2, 0.25) is 5.15 Å². The number of nitrogens with zero attached hydrogens (tertiary/aromatic N) is 5. The molecule has 0 bridgehead atoms. The lowest BCUT2D eigenvalue weighted by atomic mass is 10.1. The highest BCUT2D eigenvalue weighted by atomic mass is 35.5. The molecule has 0 unspecified atom stereocenters. The molecule has 204 valence electrons. The number of hydrogen-bond acceptors (Lipinski definition) is 7. The molecule has 1 saturated carbocycles. The van der Waals surface area contributed by atoms with Gasteiger partial charge in [0.15, 0.2) is 5.78 Å². The Bertz CT molecular complexity index is 1430. The number of anilines is 1. The van der Waals surface area contributed by atoms with Crippen molar-refractivity contribution in [2.75, 3.05) is 38.0 Å². The van der Waals surface area contributed by atoms with Crippen LogP contribution in [0.25, 0.3) is 10.9 Å². The fourth-order valence-corrected chi connectivity index (χ4v) is 4.92. The molecule has 2 aromatic heterocycles. The normalized spacial score (nSPS) is 15.3. The fraction of sp³-hybridized carbons (Fsp3) is 0.407. The molecule has 1 aromatic carbocycles. The number of nitrogens with one attached hydrogen (secondary N) is 2. The smallest absolute Gasteiger partial charge is 0.245 e. The first-order valence-corrected chi connectivity index (χ1v) is 13.4. The van der Waals surface area contributed by atoms with E-state index in [1.807, 2.05) is 17.0 Å². The van der Waals surface area contributed by atoms with E-state index in [0.717, 1.165) is 31.5 Å². The topological polar surface area (TPSA) is 130 Å². The Kier molecular flexibility index (Phi) is 7.89. The summed E-state index contributed by atoms with van der Waals surface area (Å²) in [5.41, 5.74) is 1.65. The molecule has 0 atom stereocenters. The molecule has 1 aliphatic carbocycles. The zero-order chi connectivity index (χ0) is 27.5. The van der Waals surface area contributed by atoms with Gasteiger partial charge in [-0.2, -0.15) is 5.10 Å². The average Bonchev–Trinajstić information content (AvgIpc) is 3.69. The van der Waals surface area contributed by atoms with Crippen molar-refractivity contribution in [3.05, 3.63) is 52.8 Å². The zero-order valence-corrected chi connectivity index (χ0v) is 22.4. The largest absolute Gasteiger partial charge is 0.340 e. The molecule has 1 aliphatic heterocycles. The third-order valence-electron chi connectivity index (χ3n) is 6.86. The summed E-state index contributed by atoms with van der Waals surface area (Å²) in [4.78, 5) is 58.6. The van der Waals surface area contributed by atoms with Gasteiger partial charge in [0.25, 0.3) is 0 Å².